The zero-order valence-corrected chi connectivity index (χ0v) is 15.2. The lowest BCUT2D eigenvalue weighted by Crippen LogP contribution is -2.30. The molecule has 8 heteroatoms. The number of oxazole rings is 1. The first-order valence-electron chi connectivity index (χ1n) is 8.04. The van der Waals surface area contributed by atoms with Gasteiger partial charge in [0.15, 0.2) is 11.7 Å². The number of aromatic nitrogens is 1. The van der Waals surface area contributed by atoms with Gasteiger partial charge in [0, 0.05) is 5.69 Å². The van der Waals surface area contributed by atoms with Crippen molar-refractivity contribution in [1.29, 1.82) is 5.26 Å². The summed E-state index contributed by atoms with van der Waals surface area (Å²) in [5.74, 6) is -1.07. The number of thioether (sulfide) groups is 1. The van der Waals surface area contributed by atoms with Gasteiger partial charge in [0.05, 0.1) is 11.6 Å². The second-order valence-corrected chi connectivity index (χ2v) is 6.48. The highest BCUT2D eigenvalue weighted by Gasteiger charge is 2.19. The van der Waals surface area contributed by atoms with Gasteiger partial charge >= 0.3 is 5.97 Å². The van der Waals surface area contributed by atoms with E-state index in [1.54, 1.807) is 24.3 Å². The Labute approximate surface area is 159 Å². The van der Waals surface area contributed by atoms with Crippen molar-refractivity contribution in [2.45, 2.75) is 18.3 Å². The van der Waals surface area contributed by atoms with Crippen LogP contribution in [0.5, 0.6) is 0 Å². The number of carbonyl (C=O) groups excluding carboxylic acids is 2. The van der Waals surface area contributed by atoms with E-state index < -0.39 is 18.0 Å². The first-order valence-corrected chi connectivity index (χ1v) is 9.02. The summed E-state index contributed by atoms with van der Waals surface area (Å²) in [6.07, 6.45) is -0.979. The number of benzene rings is 2. The van der Waals surface area contributed by atoms with Gasteiger partial charge in [-0.1, -0.05) is 30.0 Å². The Kier molecular flexibility index (Phi) is 5.74. The number of nitrogens with zero attached hydrogens (tertiary/aromatic N) is 2. The lowest BCUT2D eigenvalue weighted by molar-refractivity contribution is -0.150. The summed E-state index contributed by atoms with van der Waals surface area (Å²) < 4.78 is 10.6. The van der Waals surface area contributed by atoms with E-state index in [-0.39, 0.29) is 5.75 Å². The van der Waals surface area contributed by atoms with Crippen LogP contribution in [-0.4, -0.2) is 28.7 Å². The van der Waals surface area contributed by atoms with E-state index in [1.807, 2.05) is 24.3 Å². The van der Waals surface area contributed by atoms with Crippen LogP contribution < -0.4 is 5.32 Å². The van der Waals surface area contributed by atoms with Gasteiger partial charge in [-0.3, -0.25) is 9.59 Å². The van der Waals surface area contributed by atoms with Crippen molar-refractivity contribution in [1.82, 2.24) is 4.98 Å². The Bertz CT molecular complexity index is 992. The molecular weight excluding hydrogens is 366 g/mol. The number of esters is 1. The summed E-state index contributed by atoms with van der Waals surface area (Å²) in [5.41, 5.74) is 2.23. The predicted molar refractivity (Wildman–Crippen MR) is 100 cm³/mol. The molecule has 27 heavy (non-hydrogen) atoms. The first kappa shape index (κ1) is 18.5. The highest BCUT2D eigenvalue weighted by atomic mass is 32.2. The molecule has 2 aromatic carbocycles. The summed E-state index contributed by atoms with van der Waals surface area (Å²) in [6.45, 7) is 1.48. The molecule has 0 radical (unpaired) electrons. The Hall–Kier alpha value is -3.31. The van der Waals surface area contributed by atoms with Gasteiger partial charge in [-0.05, 0) is 37.3 Å². The molecule has 0 aliphatic heterocycles. The van der Waals surface area contributed by atoms with Crippen molar-refractivity contribution in [3.63, 3.8) is 0 Å². The maximum atomic E-state index is 12.1. The van der Waals surface area contributed by atoms with Gasteiger partial charge in [-0.25, -0.2) is 4.98 Å². The largest absolute Gasteiger partial charge is 0.452 e. The molecule has 0 saturated carbocycles. The summed E-state index contributed by atoms with van der Waals surface area (Å²) in [7, 11) is 0. The number of hydrogen-bond acceptors (Lipinski definition) is 7. The molecule has 1 heterocycles. The topological polar surface area (TPSA) is 105 Å². The SMILES string of the molecule is CC(OC(=O)CSc1nc2ccccc2o1)C(=O)Nc1cccc(C#N)c1. The van der Waals surface area contributed by atoms with Gasteiger partial charge in [0.2, 0.25) is 0 Å². The molecule has 0 bridgehead atoms. The van der Waals surface area contributed by atoms with Crippen molar-refractivity contribution in [2.75, 3.05) is 11.1 Å². The number of nitrogens with one attached hydrogen (secondary N) is 1. The second-order valence-electron chi connectivity index (χ2n) is 5.55. The lowest BCUT2D eigenvalue weighted by atomic mass is 10.2. The molecular formula is C19H15N3O4S. The molecule has 0 aliphatic rings. The van der Waals surface area contributed by atoms with Crippen molar-refractivity contribution in [3.05, 3.63) is 54.1 Å². The average molecular weight is 381 g/mol. The Balaban J connectivity index is 1.50. The summed E-state index contributed by atoms with van der Waals surface area (Å²) in [4.78, 5) is 28.3. The fourth-order valence-corrected chi connectivity index (χ4v) is 2.85. The van der Waals surface area contributed by atoms with Crippen molar-refractivity contribution >= 4 is 40.4 Å². The van der Waals surface area contributed by atoms with Crippen LogP contribution in [-0.2, 0) is 14.3 Å². The monoisotopic (exact) mass is 381 g/mol. The fraction of sp³-hybridized carbons (Fsp3) is 0.158. The molecule has 0 aliphatic carbocycles. The molecule has 3 rings (SSSR count). The smallest absolute Gasteiger partial charge is 0.317 e. The standard InChI is InChI=1S/C19H15N3O4S/c1-12(18(24)21-14-6-4-5-13(9-14)10-20)25-17(23)11-27-19-22-15-7-2-3-8-16(15)26-19/h2-9,12H,11H2,1H3,(H,21,24). The number of amides is 1. The van der Waals surface area contributed by atoms with Gasteiger partial charge < -0.3 is 14.5 Å². The van der Waals surface area contributed by atoms with E-state index in [0.717, 1.165) is 11.8 Å². The van der Waals surface area contributed by atoms with E-state index in [9.17, 15) is 9.59 Å². The zero-order valence-electron chi connectivity index (χ0n) is 14.3. The van der Waals surface area contributed by atoms with Crippen molar-refractivity contribution < 1.29 is 18.7 Å². The third-order valence-corrected chi connectivity index (χ3v) is 4.33. The number of ether oxygens (including phenoxy) is 1. The minimum Gasteiger partial charge on any atom is -0.452 e. The van der Waals surface area contributed by atoms with Crippen LogP contribution in [0.3, 0.4) is 0 Å². The van der Waals surface area contributed by atoms with E-state index in [0.29, 0.717) is 27.6 Å². The molecule has 1 aromatic heterocycles. The number of rotatable bonds is 6. The molecule has 1 unspecified atom stereocenters. The summed E-state index contributed by atoms with van der Waals surface area (Å²) in [6, 6.07) is 15.7. The van der Waals surface area contributed by atoms with Crippen molar-refractivity contribution in [2.24, 2.45) is 0 Å². The highest BCUT2D eigenvalue weighted by Crippen LogP contribution is 2.23. The molecule has 0 saturated heterocycles. The summed E-state index contributed by atoms with van der Waals surface area (Å²) in [5, 5.41) is 11.8. The van der Waals surface area contributed by atoms with Crippen molar-refractivity contribution in [3.8, 4) is 6.07 Å². The van der Waals surface area contributed by atoms with Crippen LogP contribution in [0.15, 0.2) is 58.2 Å². The molecule has 0 spiro atoms. The van der Waals surface area contributed by atoms with Crippen LogP contribution in [0.25, 0.3) is 11.1 Å². The van der Waals surface area contributed by atoms with Crippen LogP contribution >= 0.6 is 11.8 Å². The van der Waals surface area contributed by atoms with Crippen LogP contribution in [0, 0.1) is 11.3 Å². The number of para-hydroxylation sites is 2. The molecule has 1 atom stereocenters. The number of anilines is 1. The molecule has 3 aromatic rings. The van der Waals surface area contributed by atoms with Gasteiger partial charge in [-0.2, -0.15) is 5.26 Å². The Morgan fingerprint density at radius 3 is 2.89 bits per heavy atom. The zero-order chi connectivity index (χ0) is 19.2. The normalized spacial score (nSPS) is 11.6. The van der Waals surface area contributed by atoms with E-state index >= 15 is 0 Å². The second kappa shape index (κ2) is 8.38. The maximum Gasteiger partial charge on any atom is 0.317 e. The maximum absolute atomic E-state index is 12.1. The average Bonchev–Trinajstić information content (AvgIpc) is 3.09. The van der Waals surface area contributed by atoms with Crippen LogP contribution in [0.1, 0.15) is 12.5 Å². The highest BCUT2D eigenvalue weighted by molar-refractivity contribution is 7.99. The minimum atomic E-state index is -0.979. The van der Waals surface area contributed by atoms with E-state index in [4.69, 9.17) is 14.4 Å². The molecule has 0 fully saturated rings. The lowest BCUT2D eigenvalue weighted by Gasteiger charge is -2.13. The number of nitriles is 1. The minimum absolute atomic E-state index is 0.0334. The molecule has 7 nitrogen and oxygen atoms in total. The van der Waals surface area contributed by atoms with Gasteiger partial charge in [0.1, 0.15) is 11.3 Å². The predicted octanol–water partition coefficient (Wildman–Crippen LogP) is 3.36. The first-order chi connectivity index (χ1) is 13.0. The number of carbonyl (C=O) groups is 2. The third-order valence-electron chi connectivity index (χ3n) is 3.52. The fourth-order valence-electron chi connectivity index (χ4n) is 2.23. The van der Waals surface area contributed by atoms with E-state index in [1.165, 1.54) is 13.0 Å². The quantitative estimate of drug-likeness (QED) is 0.515. The Morgan fingerprint density at radius 1 is 1.30 bits per heavy atom. The van der Waals surface area contributed by atoms with E-state index in [2.05, 4.69) is 10.3 Å². The number of hydrogen-bond donors (Lipinski definition) is 1. The molecule has 136 valence electrons. The van der Waals surface area contributed by atoms with Crippen LogP contribution in [0.4, 0.5) is 5.69 Å². The van der Waals surface area contributed by atoms with Gasteiger partial charge in [0.25, 0.3) is 11.1 Å². The van der Waals surface area contributed by atoms with Crippen LogP contribution in [0.2, 0.25) is 0 Å². The molecule has 1 amide bonds. The third kappa shape index (κ3) is 4.86. The Morgan fingerprint density at radius 2 is 2.11 bits per heavy atom. The molecule has 1 N–H and O–H groups in total. The van der Waals surface area contributed by atoms with Gasteiger partial charge in [-0.15, -0.1) is 0 Å². The summed E-state index contributed by atoms with van der Waals surface area (Å²) >= 11 is 1.10. The number of fused-ring (bicyclic) bond motifs is 1.